The Morgan fingerprint density at radius 2 is 1.82 bits per heavy atom. The van der Waals surface area contributed by atoms with Crippen molar-refractivity contribution in [1.29, 1.82) is 0 Å². The number of hydrogen-bond acceptors (Lipinski definition) is 4. The number of nitrogens with zero attached hydrogens (tertiary/aromatic N) is 3. The summed E-state index contributed by atoms with van der Waals surface area (Å²) in [6.07, 6.45) is 0.986. The van der Waals surface area contributed by atoms with E-state index in [1.165, 1.54) is 22.8 Å². The maximum atomic E-state index is 13.5. The van der Waals surface area contributed by atoms with Gasteiger partial charge in [0.25, 0.3) is 5.92 Å². The molecule has 28 heavy (non-hydrogen) atoms. The highest BCUT2D eigenvalue weighted by Crippen LogP contribution is 2.27. The number of halogens is 2. The van der Waals surface area contributed by atoms with E-state index in [1.807, 2.05) is 24.3 Å². The zero-order valence-electron chi connectivity index (χ0n) is 16.2. The predicted molar refractivity (Wildman–Crippen MR) is 101 cm³/mol. The summed E-state index contributed by atoms with van der Waals surface area (Å²) in [5, 5.41) is 7.01. The van der Waals surface area contributed by atoms with Crippen LogP contribution in [0.1, 0.15) is 38.8 Å². The summed E-state index contributed by atoms with van der Waals surface area (Å²) in [6.45, 7) is 6.57. The number of aromatic nitrogens is 3. The molecule has 0 atom stereocenters. The molecule has 0 unspecified atom stereocenters. The zero-order chi connectivity index (χ0) is 20.5. The molecular weight excluding hydrogens is 366 g/mol. The third-order valence-electron chi connectivity index (χ3n) is 3.89. The Morgan fingerprint density at radius 3 is 2.43 bits per heavy atom. The van der Waals surface area contributed by atoms with Crippen LogP contribution in [0.2, 0.25) is 0 Å². The van der Waals surface area contributed by atoms with Gasteiger partial charge in [0.15, 0.2) is 11.5 Å². The van der Waals surface area contributed by atoms with Gasteiger partial charge < -0.3 is 10.1 Å². The molecule has 1 aromatic carbocycles. The van der Waals surface area contributed by atoms with Crippen molar-refractivity contribution in [1.82, 2.24) is 19.9 Å². The smallest absolute Gasteiger partial charge is 0.407 e. The molecule has 0 aliphatic carbocycles. The fourth-order valence-corrected chi connectivity index (χ4v) is 2.54. The molecule has 3 aromatic rings. The lowest BCUT2D eigenvalue weighted by molar-refractivity contribution is 0.0174. The van der Waals surface area contributed by atoms with Crippen molar-refractivity contribution in [2.75, 3.05) is 0 Å². The average Bonchev–Trinajstić information content (AvgIpc) is 3.01. The molecule has 2 heterocycles. The lowest BCUT2D eigenvalue weighted by Crippen LogP contribution is -2.32. The molecule has 0 bridgehead atoms. The zero-order valence-corrected chi connectivity index (χ0v) is 16.2. The molecule has 0 aliphatic heterocycles. The normalized spacial score (nSPS) is 12.2. The van der Waals surface area contributed by atoms with Gasteiger partial charge in [-0.2, -0.15) is 0 Å². The number of pyridine rings is 1. The van der Waals surface area contributed by atoms with E-state index >= 15 is 0 Å². The minimum Gasteiger partial charge on any atom is -0.444 e. The van der Waals surface area contributed by atoms with Crippen LogP contribution in [0.4, 0.5) is 13.6 Å². The number of ether oxygens (including phenoxy) is 1. The third-order valence-corrected chi connectivity index (χ3v) is 3.89. The van der Waals surface area contributed by atoms with Crippen molar-refractivity contribution >= 4 is 11.7 Å². The number of amides is 1. The molecule has 0 saturated carbocycles. The molecule has 2 aromatic heterocycles. The summed E-state index contributed by atoms with van der Waals surface area (Å²) >= 11 is 0. The Hall–Kier alpha value is -3.03. The van der Waals surface area contributed by atoms with E-state index in [4.69, 9.17) is 4.74 Å². The van der Waals surface area contributed by atoms with Crippen molar-refractivity contribution in [2.24, 2.45) is 0 Å². The molecule has 0 aliphatic rings. The van der Waals surface area contributed by atoms with Gasteiger partial charge in [0.1, 0.15) is 5.60 Å². The van der Waals surface area contributed by atoms with Gasteiger partial charge in [0.05, 0.1) is 0 Å². The van der Waals surface area contributed by atoms with Gasteiger partial charge in [-0.05, 0) is 38.5 Å². The summed E-state index contributed by atoms with van der Waals surface area (Å²) in [5.74, 6) is -2.50. The summed E-state index contributed by atoms with van der Waals surface area (Å²) in [5.41, 5.74) is 1.32. The molecule has 1 amide bonds. The van der Waals surface area contributed by atoms with Gasteiger partial charge in [-0.25, -0.2) is 23.1 Å². The van der Waals surface area contributed by atoms with E-state index in [0.29, 0.717) is 18.0 Å². The van der Waals surface area contributed by atoms with E-state index in [1.54, 1.807) is 20.8 Å². The summed E-state index contributed by atoms with van der Waals surface area (Å²) in [4.78, 5) is 16.0. The average molecular weight is 388 g/mol. The fraction of sp³-hybridized carbons (Fsp3) is 0.350. The predicted octanol–water partition coefficient (Wildman–Crippen LogP) is 4.53. The fourth-order valence-electron chi connectivity index (χ4n) is 2.54. The van der Waals surface area contributed by atoms with Crippen molar-refractivity contribution in [3.05, 3.63) is 53.7 Å². The Bertz CT molecular complexity index is 986. The van der Waals surface area contributed by atoms with Crippen LogP contribution in [0.5, 0.6) is 0 Å². The highest BCUT2D eigenvalue weighted by atomic mass is 19.3. The standard InChI is InChI=1S/C20H22F2N4O2/c1-19(2,3)28-18(27)23-12-13-5-7-14(8-6-13)17-24-16-11-15(20(4,21)22)9-10-26(16)25-17/h5-11H,12H2,1-4H3,(H,23,27). The largest absolute Gasteiger partial charge is 0.444 e. The van der Waals surface area contributed by atoms with E-state index in [0.717, 1.165) is 18.1 Å². The van der Waals surface area contributed by atoms with E-state index in [2.05, 4.69) is 15.4 Å². The molecule has 0 radical (unpaired) electrons. The van der Waals surface area contributed by atoms with Gasteiger partial charge >= 0.3 is 6.09 Å². The molecule has 0 spiro atoms. The lowest BCUT2D eigenvalue weighted by Gasteiger charge is -2.19. The van der Waals surface area contributed by atoms with Crippen molar-refractivity contribution in [3.8, 4) is 11.4 Å². The van der Waals surface area contributed by atoms with E-state index in [-0.39, 0.29) is 5.56 Å². The molecule has 0 fully saturated rings. The quantitative estimate of drug-likeness (QED) is 0.713. The molecule has 148 valence electrons. The van der Waals surface area contributed by atoms with E-state index in [9.17, 15) is 13.6 Å². The number of alkyl halides is 2. The molecule has 1 N–H and O–H groups in total. The van der Waals surface area contributed by atoms with Crippen LogP contribution in [-0.4, -0.2) is 26.3 Å². The summed E-state index contributed by atoms with van der Waals surface area (Å²) in [6, 6.07) is 9.97. The Morgan fingerprint density at radius 1 is 1.14 bits per heavy atom. The third kappa shape index (κ3) is 4.82. The number of alkyl carbamates (subject to hydrolysis) is 1. The van der Waals surface area contributed by atoms with Gasteiger partial charge in [-0.3, -0.25) is 0 Å². The number of benzene rings is 1. The number of rotatable bonds is 4. The lowest BCUT2D eigenvalue weighted by atomic mass is 10.1. The summed E-state index contributed by atoms with van der Waals surface area (Å²) < 4.78 is 33.6. The minimum absolute atomic E-state index is 0.109. The number of carbonyl (C=O) groups excluding carboxylic acids is 1. The molecular formula is C20H22F2N4O2. The van der Waals surface area contributed by atoms with Gasteiger partial charge in [-0.1, -0.05) is 24.3 Å². The first-order valence-corrected chi connectivity index (χ1v) is 8.82. The molecule has 6 nitrogen and oxygen atoms in total. The molecule has 8 heteroatoms. The second-order valence-electron chi connectivity index (χ2n) is 7.59. The molecule has 0 saturated heterocycles. The van der Waals surface area contributed by atoms with Crippen LogP contribution in [0.3, 0.4) is 0 Å². The van der Waals surface area contributed by atoms with Gasteiger partial charge in [0.2, 0.25) is 0 Å². The van der Waals surface area contributed by atoms with Crippen molar-refractivity contribution < 1.29 is 18.3 Å². The number of carbonyl (C=O) groups is 1. The Labute approximate surface area is 161 Å². The molecule has 3 rings (SSSR count). The number of fused-ring (bicyclic) bond motifs is 1. The SMILES string of the molecule is CC(C)(C)OC(=O)NCc1ccc(-c2nc3cc(C(C)(F)F)ccn3n2)cc1. The number of hydrogen-bond donors (Lipinski definition) is 1. The Balaban J connectivity index is 1.72. The van der Waals surface area contributed by atoms with Crippen LogP contribution >= 0.6 is 0 Å². The maximum absolute atomic E-state index is 13.5. The topological polar surface area (TPSA) is 68.5 Å². The second kappa shape index (κ2) is 7.18. The van der Waals surface area contributed by atoms with Crippen LogP contribution < -0.4 is 5.32 Å². The second-order valence-corrected chi connectivity index (χ2v) is 7.59. The first-order chi connectivity index (χ1) is 13.0. The summed E-state index contributed by atoms with van der Waals surface area (Å²) in [7, 11) is 0. The van der Waals surface area contributed by atoms with Crippen molar-refractivity contribution in [3.63, 3.8) is 0 Å². The maximum Gasteiger partial charge on any atom is 0.407 e. The monoisotopic (exact) mass is 388 g/mol. The van der Waals surface area contributed by atoms with Crippen LogP contribution in [0.25, 0.3) is 17.0 Å². The van der Waals surface area contributed by atoms with Gasteiger partial charge in [-0.15, -0.1) is 5.10 Å². The van der Waals surface area contributed by atoms with Crippen LogP contribution in [0, 0.1) is 0 Å². The van der Waals surface area contributed by atoms with Gasteiger partial charge in [0, 0.05) is 30.8 Å². The first-order valence-electron chi connectivity index (χ1n) is 8.82. The first kappa shape index (κ1) is 19.7. The van der Waals surface area contributed by atoms with Crippen LogP contribution in [-0.2, 0) is 17.2 Å². The van der Waals surface area contributed by atoms with Crippen molar-refractivity contribution in [2.45, 2.75) is 45.8 Å². The number of nitrogens with one attached hydrogen (secondary N) is 1. The Kier molecular flexibility index (Phi) is 5.06. The van der Waals surface area contributed by atoms with Crippen LogP contribution in [0.15, 0.2) is 42.6 Å². The van der Waals surface area contributed by atoms with E-state index < -0.39 is 17.6 Å². The highest BCUT2D eigenvalue weighted by molar-refractivity contribution is 5.67. The minimum atomic E-state index is -2.93. The highest BCUT2D eigenvalue weighted by Gasteiger charge is 2.25.